The second-order valence-electron chi connectivity index (χ2n) is 4.61. The average Bonchev–Trinajstić information content (AvgIpc) is 2.49. The second kappa shape index (κ2) is 3.96. The van der Waals surface area contributed by atoms with Gasteiger partial charge in [-0.1, -0.05) is 20.8 Å². The summed E-state index contributed by atoms with van der Waals surface area (Å²) in [5.74, 6) is -0.219. The zero-order chi connectivity index (χ0) is 11.6. The number of aromatic nitrogens is 2. The molecule has 0 fully saturated rings. The summed E-state index contributed by atoms with van der Waals surface area (Å²) in [7, 11) is 1.69. The Hall–Kier alpha value is -1.45. The smallest absolute Gasteiger partial charge is 0.188 e. The summed E-state index contributed by atoms with van der Waals surface area (Å²) in [6, 6.07) is 1.62. The minimum atomic E-state index is -0.464. The standard InChI is InChI=1S/C11H16N2O2/c1-11(2,3)10(15)7-9(14)8-5-6-12-13(8)4/h5-6H,7H2,1-4H3. The highest BCUT2D eigenvalue weighted by Crippen LogP contribution is 2.18. The van der Waals surface area contributed by atoms with Crippen LogP contribution in [0.15, 0.2) is 12.3 Å². The van der Waals surface area contributed by atoms with Crippen molar-refractivity contribution < 1.29 is 9.59 Å². The lowest BCUT2D eigenvalue weighted by Crippen LogP contribution is -2.23. The normalized spacial score (nSPS) is 11.5. The molecule has 0 spiro atoms. The average molecular weight is 208 g/mol. The van der Waals surface area contributed by atoms with Gasteiger partial charge in [0.2, 0.25) is 0 Å². The Bertz CT molecular complexity index is 386. The van der Waals surface area contributed by atoms with Crippen molar-refractivity contribution in [3.05, 3.63) is 18.0 Å². The Labute approximate surface area is 89.3 Å². The van der Waals surface area contributed by atoms with Gasteiger partial charge in [-0.25, -0.2) is 0 Å². The van der Waals surface area contributed by atoms with Gasteiger partial charge in [-0.05, 0) is 6.07 Å². The second-order valence-corrected chi connectivity index (χ2v) is 4.61. The summed E-state index contributed by atoms with van der Waals surface area (Å²) >= 11 is 0. The molecule has 0 aliphatic carbocycles. The molecule has 1 aromatic rings. The van der Waals surface area contributed by atoms with Crippen LogP contribution in [0.1, 0.15) is 37.7 Å². The molecule has 0 aliphatic rings. The number of aryl methyl sites for hydroxylation is 1. The van der Waals surface area contributed by atoms with Crippen molar-refractivity contribution in [2.45, 2.75) is 27.2 Å². The molecule has 0 saturated carbocycles. The van der Waals surface area contributed by atoms with Gasteiger partial charge in [0.05, 0.1) is 6.42 Å². The van der Waals surface area contributed by atoms with Gasteiger partial charge in [-0.15, -0.1) is 0 Å². The Kier molecular flexibility index (Phi) is 3.07. The lowest BCUT2D eigenvalue weighted by atomic mass is 9.87. The highest BCUT2D eigenvalue weighted by molar-refractivity contribution is 6.08. The molecule has 0 unspecified atom stereocenters. The van der Waals surface area contributed by atoms with E-state index in [1.807, 2.05) is 20.8 Å². The quantitative estimate of drug-likeness (QED) is 0.560. The molecule has 15 heavy (non-hydrogen) atoms. The number of rotatable bonds is 3. The molecule has 82 valence electrons. The minimum absolute atomic E-state index is 0.0475. The SMILES string of the molecule is Cn1nccc1C(=O)CC(=O)C(C)(C)C. The van der Waals surface area contributed by atoms with Crippen molar-refractivity contribution in [3.63, 3.8) is 0 Å². The number of carbonyl (C=O) groups is 2. The molecule has 0 bridgehead atoms. The largest absolute Gasteiger partial charge is 0.299 e. The highest BCUT2D eigenvalue weighted by atomic mass is 16.1. The molecule has 0 N–H and O–H groups in total. The van der Waals surface area contributed by atoms with Crippen molar-refractivity contribution in [2.75, 3.05) is 0 Å². The van der Waals surface area contributed by atoms with Gasteiger partial charge in [-0.3, -0.25) is 14.3 Å². The number of hydrogen-bond donors (Lipinski definition) is 0. The van der Waals surface area contributed by atoms with Crippen molar-refractivity contribution >= 4 is 11.6 Å². The molecule has 0 radical (unpaired) electrons. The van der Waals surface area contributed by atoms with Crippen molar-refractivity contribution in [1.29, 1.82) is 0 Å². The van der Waals surface area contributed by atoms with Crippen LogP contribution in [-0.4, -0.2) is 21.3 Å². The lowest BCUT2D eigenvalue weighted by molar-refractivity contribution is -0.125. The molecule has 4 nitrogen and oxygen atoms in total. The van der Waals surface area contributed by atoms with Crippen molar-refractivity contribution in [2.24, 2.45) is 12.5 Å². The number of hydrogen-bond acceptors (Lipinski definition) is 3. The number of Topliss-reactive ketones (excluding diaryl/α,β-unsaturated/α-hetero) is 2. The van der Waals surface area contributed by atoms with Crippen LogP contribution in [0.5, 0.6) is 0 Å². The third kappa shape index (κ3) is 2.75. The van der Waals surface area contributed by atoms with Gasteiger partial charge in [0.15, 0.2) is 5.78 Å². The maximum Gasteiger partial charge on any atom is 0.188 e. The van der Waals surface area contributed by atoms with Crippen LogP contribution in [0.3, 0.4) is 0 Å². The first-order chi connectivity index (χ1) is 6.82. The van der Waals surface area contributed by atoms with E-state index in [1.54, 1.807) is 19.3 Å². The van der Waals surface area contributed by atoms with Crippen LogP contribution in [-0.2, 0) is 11.8 Å². The maximum absolute atomic E-state index is 11.7. The van der Waals surface area contributed by atoms with Crippen LogP contribution in [0.4, 0.5) is 0 Å². The number of ketones is 2. The van der Waals surface area contributed by atoms with Gasteiger partial charge < -0.3 is 0 Å². The summed E-state index contributed by atoms with van der Waals surface area (Å²) in [4.78, 5) is 23.3. The van der Waals surface area contributed by atoms with Gasteiger partial charge in [0, 0.05) is 18.7 Å². The van der Waals surface area contributed by atoms with Gasteiger partial charge in [0.1, 0.15) is 11.5 Å². The van der Waals surface area contributed by atoms with Crippen LogP contribution >= 0.6 is 0 Å². The summed E-state index contributed by atoms with van der Waals surface area (Å²) in [5, 5.41) is 3.89. The first-order valence-electron chi connectivity index (χ1n) is 4.87. The fraction of sp³-hybridized carbons (Fsp3) is 0.545. The monoisotopic (exact) mass is 208 g/mol. The van der Waals surface area contributed by atoms with Crippen molar-refractivity contribution in [3.8, 4) is 0 Å². The summed E-state index contributed by atoms with van der Waals surface area (Å²) in [6.07, 6.45) is 1.50. The summed E-state index contributed by atoms with van der Waals surface area (Å²) in [6.45, 7) is 5.43. The molecule has 1 aromatic heterocycles. The first-order valence-corrected chi connectivity index (χ1v) is 4.87. The molecule has 0 aliphatic heterocycles. The van der Waals surface area contributed by atoms with Crippen LogP contribution in [0, 0.1) is 5.41 Å². The van der Waals surface area contributed by atoms with Crippen LogP contribution in [0.25, 0.3) is 0 Å². The topological polar surface area (TPSA) is 52.0 Å². The molecular formula is C11H16N2O2. The molecule has 4 heteroatoms. The fourth-order valence-corrected chi connectivity index (χ4v) is 1.15. The van der Waals surface area contributed by atoms with E-state index in [0.29, 0.717) is 5.69 Å². The maximum atomic E-state index is 11.7. The van der Waals surface area contributed by atoms with E-state index in [0.717, 1.165) is 0 Å². The zero-order valence-corrected chi connectivity index (χ0v) is 9.57. The summed E-state index contributed by atoms with van der Waals surface area (Å²) < 4.78 is 1.48. The zero-order valence-electron chi connectivity index (χ0n) is 9.57. The van der Waals surface area contributed by atoms with E-state index < -0.39 is 5.41 Å². The van der Waals surface area contributed by atoms with E-state index in [1.165, 1.54) is 4.68 Å². The Morgan fingerprint density at radius 1 is 1.40 bits per heavy atom. The molecule has 0 saturated heterocycles. The van der Waals surface area contributed by atoms with Crippen molar-refractivity contribution in [1.82, 2.24) is 9.78 Å². The van der Waals surface area contributed by atoms with Gasteiger partial charge >= 0.3 is 0 Å². The van der Waals surface area contributed by atoms with E-state index in [4.69, 9.17) is 0 Å². The fourth-order valence-electron chi connectivity index (χ4n) is 1.15. The molecule has 1 rings (SSSR count). The molecule has 1 heterocycles. The minimum Gasteiger partial charge on any atom is -0.299 e. The third-order valence-electron chi connectivity index (χ3n) is 2.26. The Morgan fingerprint density at radius 2 is 2.00 bits per heavy atom. The van der Waals surface area contributed by atoms with Crippen LogP contribution < -0.4 is 0 Å². The van der Waals surface area contributed by atoms with Gasteiger partial charge in [0.25, 0.3) is 0 Å². The molecule has 0 amide bonds. The molecule has 0 atom stereocenters. The Balaban J connectivity index is 2.74. The number of nitrogens with zero attached hydrogens (tertiary/aromatic N) is 2. The number of carbonyl (C=O) groups excluding carboxylic acids is 2. The molecular weight excluding hydrogens is 192 g/mol. The summed E-state index contributed by atoms with van der Waals surface area (Å²) in [5.41, 5.74) is 0.0152. The molecule has 0 aromatic carbocycles. The van der Waals surface area contributed by atoms with E-state index in [-0.39, 0.29) is 18.0 Å². The Morgan fingerprint density at radius 3 is 2.40 bits per heavy atom. The van der Waals surface area contributed by atoms with E-state index in [9.17, 15) is 9.59 Å². The van der Waals surface area contributed by atoms with Gasteiger partial charge in [-0.2, -0.15) is 5.10 Å². The van der Waals surface area contributed by atoms with E-state index in [2.05, 4.69) is 5.10 Å². The van der Waals surface area contributed by atoms with E-state index >= 15 is 0 Å². The predicted octanol–water partition coefficient (Wildman–Crippen LogP) is 1.61. The third-order valence-corrected chi connectivity index (χ3v) is 2.26. The lowest BCUT2D eigenvalue weighted by Gasteiger charge is -2.15. The predicted molar refractivity (Wildman–Crippen MR) is 56.6 cm³/mol. The highest BCUT2D eigenvalue weighted by Gasteiger charge is 2.24. The van der Waals surface area contributed by atoms with Crippen LogP contribution in [0.2, 0.25) is 0 Å². The first kappa shape index (κ1) is 11.6.